The van der Waals surface area contributed by atoms with Crippen LogP contribution in [-0.2, 0) is 10.2 Å². The molecule has 21 heavy (non-hydrogen) atoms. The molecule has 3 rings (SSSR count). The van der Waals surface area contributed by atoms with Crippen LogP contribution in [0.4, 0.5) is 5.69 Å². The molecule has 0 spiro atoms. The van der Waals surface area contributed by atoms with Gasteiger partial charge in [0.25, 0.3) is 0 Å². The van der Waals surface area contributed by atoms with Gasteiger partial charge < -0.3 is 15.8 Å². The zero-order valence-electron chi connectivity index (χ0n) is 13.5. The number of carbonyl (C=O) groups excluding carboxylic acids is 1. The fourth-order valence-corrected chi connectivity index (χ4v) is 3.60. The minimum atomic E-state index is -0.556. The second-order valence-corrected chi connectivity index (χ2v) is 7.12. The summed E-state index contributed by atoms with van der Waals surface area (Å²) in [6, 6.07) is 2.16. The molecule has 0 bridgehead atoms. The highest BCUT2D eigenvalue weighted by Gasteiger charge is 2.49. The summed E-state index contributed by atoms with van der Waals surface area (Å²) in [5.74, 6) is 1.20. The predicted molar refractivity (Wildman–Crippen MR) is 84.0 cm³/mol. The Morgan fingerprint density at radius 1 is 1.38 bits per heavy atom. The van der Waals surface area contributed by atoms with Gasteiger partial charge >= 0.3 is 0 Å². The van der Waals surface area contributed by atoms with Gasteiger partial charge in [0.15, 0.2) is 0 Å². The normalized spacial score (nSPS) is 28.9. The highest BCUT2D eigenvalue weighted by molar-refractivity contribution is 6.07. The number of nitrogens with two attached hydrogens (primary N) is 1. The summed E-state index contributed by atoms with van der Waals surface area (Å²) in [7, 11) is 0. The van der Waals surface area contributed by atoms with E-state index in [1.165, 1.54) is 5.56 Å². The molecule has 0 unspecified atom stereocenters. The maximum Gasteiger partial charge on any atom is 0.234 e. The summed E-state index contributed by atoms with van der Waals surface area (Å²) in [4.78, 5) is 12.3. The average molecular weight is 288 g/mol. The highest BCUT2D eigenvalue weighted by Crippen LogP contribution is 2.55. The number of amides is 1. The number of hydrogen-bond donors (Lipinski definition) is 2. The van der Waals surface area contributed by atoms with E-state index in [-0.39, 0.29) is 17.4 Å². The SMILES string of the molecule is Cc1cc2c(c3c1NC(=O)C3(C)C)O[C@@](C)(CCN)[C@H]2C. The van der Waals surface area contributed by atoms with Gasteiger partial charge in [0.1, 0.15) is 11.4 Å². The molecule has 0 fully saturated rings. The second-order valence-electron chi connectivity index (χ2n) is 7.12. The summed E-state index contributed by atoms with van der Waals surface area (Å²) in [5, 5.41) is 3.02. The Balaban J connectivity index is 2.22. The molecular formula is C17H24N2O2. The van der Waals surface area contributed by atoms with Crippen molar-refractivity contribution in [3.8, 4) is 5.75 Å². The third-order valence-electron chi connectivity index (χ3n) is 5.30. The lowest BCUT2D eigenvalue weighted by Gasteiger charge is -2.28. The number of fused-ring (bicyclic) bond motifs is 3. The molecule has 0 aliphatic carbocycles. The number of anilines is 1. The quantitative estimate of drug-likeness (QED) is 0.879. The van der Waals surface area contributed by atoms with Crippen molar-refractivity contribution in [3.05, 3.63) is 22.8 Å². The molecule has 0 saturated carbocycles. The van der Waals surface area contributed by atoms with Gasteiger partial charge in [0.05, 0.1) is 11.1 Å². The largest absolute Gasteiger partial charge is 0.486 e. The van der Waals surface area contributed by atoms with Crippen molar-refractivity contribution in [1.29, 1.82) is 0 Å². The van der Waals surface area contributed by atoms with E-state index < -0.39 is 5.41 Å². The van der Waals surface area contributed by atoms with Crippen LogP contribution < -0.4 is 15.8 Å². The first-order chi connectivity index (χ1) is 9.72. The molecule has 0 saturated heterocycles. The van der Waals surface area contributed by atoms with E-state index in [1.54, 1.807) is 0 Å². The highest BCUT2D eigenvalue weighted by atomic mass is 16.5. The van der Waals surface area contributed by atoms with Gasteiger partial charge in [-0.2, -0.15) is 0 Å². The molecule has 2 aliphatic rings. The molecule has 2 aliphatic heterocycles. The zero-order chi connectivity index (χ0) is 15.6. The first-order valence-electron chi connectivity index (χ1n) is 7.61. The predicted octanol–water partition coefficient (Wildman–Crippen LogP) is 2.83. The van der Waals surface area contributed by atoms with E-state index >= 15 is 0 Å². The minimum Gasteiger partial charge on any atom is -0.486 e. The van der Waals surface area contributed by atoms with Crippen molar-refractivity contribution in [2.75, 3.05) is 11.9 Å². The maximum absolute atomic E-state index is 12.3. The molecule has 114 valence electrons. The van der Waals surface area contributed by atoms with Gasteiger partial charge in [-0.05, 0) is 52.3 Å². The van der Waals surface area contributed by atoms with E-state index in [4.69, 9.17) is 10.5 Å². The first-order valence-corrected chi connectivity index (χ1v) is 7.61. The van der Waals surface area contributed by atoms with Gasteiger partial charge in [-0.1, -0.05) is 6.92 Å². The van der Waals surface area contributed by atoms with E-state index in [0.717, 1.165) is 29.0 Å². The number of rotatable bonds is 2. The summed E-state index contributed by atoms with van der Waals surface area (Å²) in [6.45, 7) is 10.9. The third-order valence-corrected chi connectivity index (χ3v) is 5.30. The molecule has 1 amide bonds. The van der Waals surface area contributed by atoms with Gasteiger partial charge in [0, 0.05) is 17.0 Å². The monoisotopic (exact) mass is 288 g/mol. The number of aryl methyl sites for hydroxylation is 1. The smallest absolute Gasteiger partial charge is 0.234 e. The van der Waals surface area contributed by atoms with E-state index in [2.05, 4.69) is 25.2 Å². The fourth-order valence-electron chi connectivity index (χ4n) is 3.60. The molecular weight excluding hydrogens is 264 g/mol. The van der Waals surface area contributed by atoms with Crippen molar-refractivity contribution in [1.82, 2.24) is 0 Å². The molecule has 4 heteroatoms. The number of hydrogen-bond acceptors (Lipinski definition) is 3. The Morgan fingerprint density at radius 3 is 2.67 bits per heavy atom. The van der Waals surface area contributed by atoms with Gasteiger partial charge in [-0.3, -0.25) is 4.79 Å². The summed E-state index contributed by atoms with van der Waals surface area (Å²) in [5.41, 5.74) is 9.16. The standard InChI is InChI=1S/C17H24N2O2/c1-9-8-11-10(2)17(5,6-7-18)21-14(11)12-13(9)19-15(20)16(12,3)4/h8,10H,6-7,18H2,1-5H3,(H,19,20)/t10-,17-/m0/s1. The lowest BCUT2D eigenvalue weighted by atomic mass is 9.80. The number of nitrogens with one attached hydrogen (secondary N) is 1. The van der Waals surface area contributed by atoms with Gasteiger partial charge in [-0.25, -0.2) is 0 Å². The van der Waals surface area contributed by atoms with Crippen molar-refractivity contribution in [2.45, 2.75) is 58.0 Å². The molecule has 0 aromatic heterocycles. The lowest BCUT2D eigenvalue weighted by molar-refractivity contribution is -0.119. The molecule has 3 N–H and O–H groups in total. The molecule has 4 nitrogen and oxygen atoms in total. The molecule has 0 radical (unpaired) electrons. The molecule has 1 aromatic rings. The summed E-state index contributed by atoms with van der Waals surface area (Å²) in [6.07, 6.45) is 0.804. The van der Waals surface area contributed by atoms with Crippen LogP contribution in [0.3, 0.4) is 0 Å². The number of benzene rings is 1. The maximum atomic E-state index is 12.3. The lowest BCUT2D eigenvalue weighted by Crippen LogP contribution is -2.36. The van der Waals surface area contributed by atoms with E-state index in [9.17, 15) is 4.79 Å². The van der Waals surface area contributed by atoms with Crippen LogP contribution in [-0.4, -0.2) is 18.1 Å². The van der Waals surface area contributed by atoms with Crippen LogP contribution in [0.5, 0.6) is 5.75 Å². The fraction of sp³-hybridized carbons (Fsp3) is 0.588. The van der Waals surface area contributed by atoms with E-state index in [0.29, 0.717) is 6.54 Å². The van der Waals surface area contributed by atoms with E-state index in [1.807, 2.05) is 20.8 Å². The Hall–Kier alpha value is -1.55. The Bertz CT molecular complexity index is 636. The van der Waals surface area contributed by atoms with Crippen LogP contribution in [0.2, 0.25) is 0 Å². The summed E-state index contributed by atoms with van der Waals surface area (Å²) < 4.78 is 6.36. The zero-order valence-corrected chi connectivity index (χ0v) is 13.5. The van der Waals surface area contributed by atoms with Crippen LogP contribution >= 0.6 is 0 Å². The number of carbonyl (C=O) groups is 1. The van der Waals surface area contributed by atoms with Gasteiger partial charge in [-0.15, -0.1) is 0 Å². The van der Waals surface area contributed by atoms with Crippen molar-refractivity contribution < 1.29 is 9.53 Å². The van der Waals surface area contributed by atoms with Crippen molar-refractivity contribution in [3.63, 3.8) is 0 Å². The van der Waals surface area contributed by atoms with Crippen LogP contribution in [0.25, 0.3) is 0 Å². The topological polar surface area (TPSA) is 64.3 Å². The van der Waals surface area contributed by atoms with Gasteiger partial charge in [0.2, 0.25) is 5.91 Å². The van der Waals surface area contributed by atoms with Crippen molar-refractivity contribution in [2.24, 2.45) is 5.73 Å². The molecule has 2 atom stereocenters. The summed E-state index contributed by atoms with van der Waals surface area (Å²) >= 11 is 0. The van der Waals surface area contributed by atoms with Crippen LogP contribution in [0.15, 0.2) is 6.07 Å². The Morgan fingerprint density at radius 2 is 2.05 bits per heavy atom. The second kappa shape index (κ2) is 4.23. The average Bonchev–Trinajstić information content (AvgIpc) is 2.77. The number of ether oxygens (including phenoxy) is 1. The Kier molecular flexibility index (Phi) is 2.90. The molecule has 1 aromatic carbocycles. The van der Waals surface area contributed by atoms with Crippen LogP contribution in [0, 0.1) is 6.92 Å². The van der Waals surface area contributed by atoms with Crippen molar-refractivity contribution >= 4 is 11.6 Å². The minimum absolute atomic E-state index is 0.0395. The third kappa shape index (κ3) is 1.75. The molecule has 2 heterocycles. The van der Waals surface area contributed by atoms with Crippen LogP contribution in [0.1, 0.15) is 56.7 Å². The Labute approximate surface area is 126 Å². The first kappa shape index (κ1) is 14.4.